The number of hydrogen-bond acceptors (Lipinski definition) is 5. The van der Waals surface area contributed by atoms with E-state index in [0.29, 0.717) is 12.6 Å². The van der Waals surface area contributed by atoms with E-state index >= 15 is 0 Å². The summed E-state index contributed by atoms with van der Waals surface area (Å²) in [4.78, 5) is 14.0. The number of rotatable bonds is 7. The minimum absolute atomic E-state index is 0.120. The average Bonchev–Trinajstić information content (AvgIpc) is 2.13. The zero-order valence-corrected chi connectivity index (χ0v) is 9.25. The second-order valence-corrected chi connectivity index (χ2v) is 5.31. The van der Waals surface area contributed by atoms with E-state index in [1.807, 2.05) is 0 Å². The molecular weight excluding hydrogens is 220 g/mol. The number of aliphatic imine (C=N–C) groups is 1. The molecule has 0 aliphatic heterocycles. The molecule has 86 valence electrons. The van der Waals surface area contributed by atoms with Gasteiger partial charge in [-0.05, 0) is 13.1 Å². The van der Waals surface area contributed by atoms with Crippen LogP contribution < -0.4 is 0 Å². The fourth-order valence-corrected chi connectivity index (χ4v) is 2.78. The maximum atomic E-state index is 11.4. The predicted molar refractivity (Wildman–Crippen MR) is 57.6 cm³/mol. The summed E-state index contributed by atoms with van der Waals surface area (Å²) in [7, 11) is -3.52. The van der Waals surface area contributed by atoms with Crippen LogP contribution >= 0.6 is 0 Å². The molecule has 0 bridgehead atoms. The van der Waals surface area contributed by atoms with Gasteiger partial charge in [-0.25, -0.2) is 13.2 Å². The van der Waals surface area contributed by atoms with Crippen LogP contribution in [0.1, 0.15) is 13.3 Å². The van der Waals surface area contributed by atoms with Crippen LogP contribution in [0.5, 0.6) is 0 Å². The summed E-state index contributed by atoms with van der Waals surface area (Å²) < 4.78 is 22.8. The Balaban J connectivity index is 5.09. The molecule has 0 aliphatic carbocycles. The van der Waals surface area contributed by atoms with Crippen molar-refractivity contribution in [3.8, 4) is 0 Å². The maximum Gasteiger partial charge on any atom is 0.338 e. The molecule has 0 saturated heterocycles. The van der Waals surface area contributed by atoms with Gasteiger partial charge in [0, 0.05) is 6.21 Å². The van der Waals surface area contributed by atoms with Crippen LogP contribution in [-0.2, 0) is 14.6 Å². The van der Waals surface area contributed by atoms with E-state index in [9.17, 15) is 13.2 Å². The predicted octanol–water partition coefficient (Wildman–Crippen LogP) is -0.0152. The molecule has 0 amide bonds. The minimum Gasteiger partial charge on any atom is -0.479 e. The molecular formula is C8H14N2O4S. The van der Waals surface area contributed by atoms with Gasteiger partial charge in [0.05, 0.1) is 11.5 Å². The second kappa shape index (κ2) is 5.01. The third-order valence-electron chi connectivity index (χ3n) is 1.85. The van der Waals surface area contributed by atoms with Crippen molar-refractivity contribution in [3.63, 3.8) is 0 Å². The van der Waals surface area contributed by atoms with Crippen molar-refractivity contribution in [1.82, 2.24) is 0 Å². The molecule has 0 aromatic rings. The van der Waals surface area contributed by atoms with E-state index in [1.54, 1.807) is 6.92 Å². The molecule has 0 rings (SSSR count). The monoisotopic (exact) mass is 234 g/mol. The zero-order valence-electron chi connectivity index (χ0n) is 8.43. The molecule has 0 saturated carbocycles. The van der Waals surface area contributed by atoms with E-state index in [-0.39, 0.29) is 5.75 Å². The molecule has 0 aromatic heterocycles. The van der Waals surface area contributed by atoms with Crippen molar-refractivity contribution in [1.29, 1.82) is 5.41 Å². The van der Waals surface area contributed by atoms with Gasteiger partial charge in [-0.15, -0.1) is 0 Å². The summed E-state index contributed by atoms with van der Waals surface area (Å²) >= 11 is 0. The highest BCUT2D eigenvalue weighted by Gasteiger charge is 2.39. The maximum absolute atomic E-state index is 11.4. The van der Waals surface area contributed by atoms with Gasteiger partial charge in [-0.1, -0.05) is 6.92 Å². The fourth-order valence-electron chi connectivity index (χ4n) is 1.04. The molecule has 0 heterocycles. The Morgan fingerprint density at radius 2 is 2.20 bits per heavy atom. The highest BCUT2D eigenvalue weighted by molar-refractivity contribution is 7.91. The van der Waals surface area contributed by atoms with E-state index in [4.69, 9.17) is 10.5 Å². The lowest BCUT2D eigenvalue weighted by atomic mass is 10.1. The van der Waals surface area contributed by atoms with Gasteiger partial charge in [-0.3, -0.25) is 4.99 Å². The van der Waals surface area contributed by atoms with Gasteiger partial charge in [0.2, 0.25) is 5.54 Å². The van der Waals surface area contributed by atoms with Gasteiger partial charge in [0.1, 0.15) is 0 Å². The lowest BCUT2D eigenvalue weighted by Gasteiger charge is -2.18. The number of carbonyl (C=O) groups is 1. The largest absolute Gasteiger partial charge is 0.479 e. The number of carboxylic acid groups (broad SMARTS) is 1. The van der Waals surface area contributed by atoms with Crippen molar-refractivity contribution in [2.75, 3.05) is 11.5 Å². The number of nitrogens with one attached hydrogen (secondary N) is 1. The molecule has 0 unspecified atom stereocenters. The molecule has 1 atom stereocenters. The Kier molecular flexibility index (Phi) is 4.60. The average molecular weight is 234 g/mol. The van der Waals surface area contributed by atoms with Gasteiger partial charge in [0.15, 0.2) is 9.84 Å². The van der Waals surface area contributed by atoms with E-state index in [2.05, 4.69) is 11.7 Å². The van der Waals surface area contributed by atoms with Crippen LogP contribution in [0, 0.1) is 5.41 Å². The van der Waals surface area contributed by atoms with Crippen molar-refractivity contribution in [2.24, 2.45) is 4.99 Å². The molecule has 0 aliphatic rings. The van der Waals surface area contributed by atoms with Crippen LogP contribution in [0.4, 0.5) is 0 Å². The Labute approximate surface area is 88.5 Å². The molecule has 7 heteroatoms. The first-order chi connectivity index (χ1) is 6.83. The van der Waals surface area contributed by atoms with Crippen molar-refractivity contribution in [3.05, 3.63) is 0 Å². The smallest absolute Gasteiger partial charge is 0.338 e. The van der Waals surface area contributed by atoms with Gasteiger partial charge < -0.3 is 10.5 Å². The molecule has 0 aromatic carbocycles. The first-order valence-electron chi connectivity index (χ1n) is 4.27. The van der Waals surface area contributed by atoms with Gasteiger partial charge in [0.25, 0.3) is 0 Å². The summed E-state index contributed by atoms with van der Waals surface area (Å²) in [5.74, 6) is -2.31. The third kappa shape index (κ3) is 3.43. The number of nitrogens with zero attached hydrogens (tertiary/aromatic N) is 1. The summed E-state index contributed by atoms with van der Waals surface area (Å²) in [5, 5.41) is 15.8. The molecule has 2 N–H and O–H groups in total. The summed E-state index contributed by atoms with van der Waals surface area (Å²) in [6.45, 7) is 4.70. The summed E-state index contributed by atoms with van der Waals surface area (Å²) in [6, 6.07) is 0. The Bertz CT molecular complexity index is 353. The zero-order chi connectivity index (χ0) is 12.1. The summed E-state index contributed by atoms with van der Waals surface area (Å²) in [6.07, 6.45) is 0.892. The normalized spacial score (nSPS) is 15.3. The van der Waals surface area contributed by atoms with Crippen molar-refractivity contribution >= 4 is 28.7 Å². The van der Waals surface area contributed by atoms with Crippen LogP contribution in [0.25, 0.3) is 0 Å². The summed E-state index contributed by atoms with van der Waals surface area (Å²) in [5.41, 5.74) is -2.05. The Morgan fingerprint density at radius 3 is 2.47 bits per heavy atom. The number of aliphatic carboxylic acids is 1. The van der Waals surface area contributed by atoms with Crippen LogP contribution in [0.3, 0.4) is 0 Å². The lowest BCUT2D eigenvalue weighted by molar-refractivity contribution is -0.139. The highest BCUT2D eigenvalue weighted by atomic mass is 32.2. The standard InChI is InChI=1S/C8H14N2O4S/c1-3-4-15(13,14)6-8(5-9,10-2)7(11)12/h5,9H,2-4,6H2,1H3,(H,11,12)/t8-/m0/s1. The number of sulfone groups is 1. The van der Waals surface area contributed by atoms with Gasteiger partial charge >= 0.3 is 5.97 Å². The number of hydrogen-bond donors (Lipinski definition) is 2. The highest BCUT2D eigenvalue weighted by Crippen LogP contribution is 2.12. The van der Waals surface area contributed by atoms with Crippen LogP contribution in [0.15, 0.2) is 4.99 Å². The van der Waals surface area contributed by atoms with Crippen molar-refractivity contribution in [2.45, 2.75) is 18.9 Å². The third-order valence-corrected chi connectivity index (χ3v) is 3.76. The second-order valence-electron chi connectivity index (χ2n) is 3.12. The molecule has 0 spiro atoms. The lowest BCUT2D eigenvalue weighted by Crippen LogP contribution is -2.45. The quantitative estimate of drug-likeness (QED) is 0.603. The fraction of sp³-hybridized carbons (Fsp3) is 0.625. The number of carboxylic acids is 1. The van der Waals surface area contributed by atoms with Gasteiger partial charge in [-0.2, -0.15) is 0 Å². The Hall–Kier alpha value is -1.24. The first-order valence-corrected chi connectivity index (χ1v) is 6.09. The van der Waals surface area contributed by atoms with Crippen LogP contribution in [-0.4, -0.2) is 49.5 Å². The Morgan fingerprint density at radius 1 is 1.67 bits per heavy atom. The minimum atomic E-state index is -3.52. The van der Waals surface area contributed by atoms with E-state index < -0.39 is 27.1 Å². The molecule has 0 radical (unpaired) electrons. The van der Waals surface area contributed by atoms with E-state index in [0.717, 1.165) is 0 Å². The molecule has 6 nitrogen and oxygen atoms in total. The SMILES string of the molecule is C=N[C@@](C=N)(CS(=O)(=O)CCC)C(=O)O. The topological polar surface area (TPSA) is 108 Å². The molecule has 15 heavy (non-hydrogen) atoms. The van der Waals surface area contributed by atoms with Crippen molar-refractivity contribution < 1.29 is 18.3 Å². The van der Waals surface area contributed by atoms with Crippen LogP contribution in [0.2, 0.25) is 0 Å². The van der Waals surface area contributed by atoms with E-state index in [1.165, 1.54) is 0 Å². The molecule has 0 fully saturated rings. The first kappa shape index (κ1) is 13.8.